The van der Waals surface area contributed by atoms with Gasteiger partial charge in [0.1, 0.15) is 23.0 Å². The SMILES string of the molecule is COc1ccc([C@@]23C(=O)N(Nc4ccc(Cl)cc4Cl)C(=O)[C@@H]2C[C@@H]2C(=CC[C@@H]4C(=O)N(c5ccc(C=Cc6cc(OC)ccc6OC)cc5)C(=O)[C@@H]42)[C@@H]3c2cccc(O)c2)cc1. The van der Waals surface area contributed by atoms with Crippen LogP contribution in [0.4, 0.5) is 11.4 Å². The van der Waals surface area contributed by atoms with Crippen LogP contribution >= 0.6 is 23.2 Å². The van der Waals surface area contributed by atoms with Crippen molar-refractivity contribution in [2.24, 2.45) is 23.7 Å². The quantitative estimate of drug-likeness (QED) is 0.0801. The number of phenolic OH excluding ortho intramolecular Hbond substituents is 1. The number of benzene rings is 5. The van der Waals surface area contributed by atoms with Crippen LogP contribution in [0.3, 0.4) is 0 Å². The Morgan fingerprint density at radius 3 is 2.19 bits per heavy atom. The van der Waals surface area contributed by atoms with Gasteiger partial charge in [-0.3, -0.25) is 29.5 Å². The van der Waals surface area contributed by atoms with E-state index in [1.807, 2.05) is 54.6 Å². The predicted octanol–water partition coefficient (Wildman–Crippen LogP) is 9.08. The third kappa shape index (κ3) is 6.58. The van der Waals surface area contributed by atoms with Gasteiger partial charge in [0.2, 0.25) is 11.8 Å². The zero-order valence-corrected chi connectivity index (χ0v) is 35.4. The molecule has 5 aromatic rings. The number of halogens is 2. The molecule has 4 aliphatic rings. The molecule has 2 aliphatic carbocycles. The minimum Gasteiger partial charge on any atom is -0.508 e. The predicted molar refractivity (Wildman–Crippen MR) is 236 cm³/mol. The number of carbonyl (C=O) groups is 4. The number of fused-ring (bicyclic) bond motifs is 4. The van der Waals surface area contributed by atoms with E-state index in [1.165, 1.54) is 11.0 Å². The van der Waals surface area contributed by atoms with Crippen molar-refractivity contribution in [3.05, 3.63) is 153 Å². The normalized spacial score (nSPS) is 24.1. The average Bonchev–Trinajstić information content (AvgIpc) is 3.66. The number of imide groups is 2. The number of phenols is 1. The number of hydrogen-bond acceptors (Lipinski definition) is 9. The van der Waals surface area contributed by atoms with Crippen LogP contribution in [0.25, 0.3) is 12.2 Å². The molecule has 2 N–H and O–H groups in total. The first-order valence-corrected chi connectivity index (χ1v) is 20.9. The molecule has 2 saturated heterocycles. The first-order valence-electron chi connectivity index (χ1n) is 20.1. The molecule has 6 atom stereocenters. The van der Waals surface area contributed by atoms with Crippen LogP contribution in [-0.2, 0) is 24.6 Å². The lowest BCUT2D eigenvalue weighted by atomic mass is 9.49. The van der Waals surface area contributed by atoms with Crippen LogP contribution in [0.15, 0.2) is 121 Å². The van der Waals surface area contributed by atoms with Gasteiger partial charge < -0.3 is 19.3 Å². The number of nitrogens with one attached hydrogen (secondary N) is 1. The van der Waals surface area contributed by atoms with Crippen molar-refractivity contribution >= 4 is 70.4 Å². The van der Waals surface area contributed by atoms with E-state index in [9.17, 15) is 14.7 Å². The standard InChI is InChI=1S/C49H41Cl2N3O8/c1-60-34-16-11-30(12-17-34)49-39(46(57)54(48(49)59)52-41-21-13-31(50)25-40(41)51)26-38-36(44(49)29-5-4-6-33(55)23-29)19-20-37-43(38)47(58)53(45(37)56)32-14-8-27(9-15-32)7-10-28-24-35(61-2)18-22-42(28)62-3/h4-19,21-25,37-39,43-44,52,55H,20,26H2,1-3H3/t37-,38+,39-,43-,44-,49+/m0/s1. The van der Waals surface area contributed by atoms with Crippen molar-refractivity contribution in [1.29, 1.82) is 0 Å². The number of amides is 4. The summed E-state index contributed by atoms with van der Waals surface area (Å²) in [5.41, 5.74) is 5.71. The number of anilines is 2. The first kappa shape index (κ1) is 40.8. The number of aromatic hydroxyl groups is 1. The molecule has 0 unspecified atom stereocenters. The molecule has 1 saturated carbocycles. The maximum Gasteiger partial charge on any atom is 0.260 e. The Bertz CT molecular complexity index is 2700. The summed E-state index contributed by atoms with van der Waals surface area (Å²) in [7, 11) is 4.74. The van der Waals surface area contributed by atoms with Crippen LogP contribution in [0, 0.1) is 23.7 Å². The van der Waals surface area contributed by atoms with E-state index in [1.54, 1.807) is 88.1 Å². The summed E-state index contributed by atoms with van der Waals surface area (Å²) in [4.78, 5) is 61.0. The molecular weight excluding hydrogens is 829 g/mol. The fourth-order valence-electron chi connectivity index (χ4n) is 10.1. The van der Waals surface area contributed by atoms with E-state index >= 15 is 9.59 Å². The van der Waals surface area contributed by atoms with Gasteiger partial charge in [-0.2, -0.15) is 5.01 Å². The van der Waals surface area contributed by atoms with Gasteiger partial charge >= 0.3 is 0 Å². The van der Waals surface area contributed by atoms with Crippen molar-refractivity contribution in [3.63, 3.8) is 0 Å². The molecule has 9 rings (SSSR count). The maximum absolute atomic E-state index is 15.5. The number of rotatable bonds is 10. The van der Waals surface area contributed by atoms with Gasteiger partial charge in [-0.1, -0.05) is 83.4 Å². The van der Waals surface area contributed by atoms with Crippen LogP contribution in [0.2, 0.25) is 10.0 Å². The van der Waals surface area contributed by atoms with E-state index in [-0.39, 0.29) is 35.4 Å². The van der Waals surface area contributed by atoms with Crippen LogP contribution < -0.4 is 24.5 Å². The molecule has 0 aromatic heterocycles. The Kier molecular flexibility index (Phi) is 10.6. The molecule has 2 aliphatic heterocycles. The monoisotopic (exact) mass is 869 g/mol. The summed E-state index contributed by atoms with van der Waals surface area (Å²) in [6.07, 6.45) is 6.11. The van der Waals surface area contributed by atoms with Gasteiger partial charge in [-0.15, -0.1) is 0 Å². The van der Waals surface area contributed by atoms with Gasteiger partial charge in [0, 0.05) is 16.5 Å². The fourth-order valence-corrected chi connectivity index (χ4v) is 10.5. The lowest BCUT2D eigenvalue weighted by Gasteiger charge is -2.50. The topological polar surface area (TPSA) is 135 Å². The molecular formula is C49H41Cl2N3O8. The molecule has 0 bridgehead atoms. The summed E-state index contributed by atoms with van der Waals surface area (Å²) in [5, 5.41) is 12.5. The Labute approximate surface area is 368 Å². The summed E-state index contributed by atoms with van der Waals surface area (Å²) in [5.74, 6) is -3.81. The summed E-state index contributed by atoms with van der Waals surface area (Å²) >= 11 is 12.8. The van der Waals surface area contributed by atoms with Gasteiger partial charge in [-0.05, 0) is 108 Å². The molecule has 4 amide bonds. The van der Waals surface area contributed by atoms with Crippen LogP contribution in [0.5, 0.6) is 23.0 Å². The molecule has 314 valence electrons. The first-order chi connectivity index (χ1) is 30.0. The van der Waals surface area contributed by atoms with Crippen molar-refractivity contribution < 1.29 is 38.5 Å². The minimum absolute atomic E-state index is 0.0285. The lowest BCUT2D eigenvalue weighted by molar-refractivity contribution is -0.138. The second-order valence-corrected chi connectivity index (χ2v) is 16.7. The Morgan fingerprint density at radius 2 is 1.50 bits per heavy atom. The summed E-state index contributed by atoms with van der Waals surface area (Å²) < 4.78 is 16.4. The number of allylic oxidation sites excluding steroid dienone is 2. The minimum atomic E-state index is -1.55. The zero-order valence-electron chi connectivity index (χ0n) is 33.9. The molecule has 0 radical (unpaired) electrons. The highest BCUT2D eigenvalue weighted by Gasteiger charge is 2.70. The molecule has 2 heterocycles. The Hall–Kier alpha value is -6.56. The number of nitrogens with zero attached hydrogens (tertiary/aromatic N) is 2. The highest BCUT2D eigenvalue weighted by Crippen LogP contribution is 2.64. The van der Waals surface area contributed by atoms with Gasteiger partial charge in [0.05, 0.1) is 60.9 Å². The van der Waals surface area contributed by atoms with Crippen LogP contribution in [0.1, 0.15) is 41.0 Å². The fraction of sp³-hybridized carbons (Fsp3) is 0.224. The summed E-state index contributed by atoms with van der Waals surface area (Å²) in [6, 6.07) is 31.1. The molecule has 0 spiro atoms. The third-order valence-corrected chi connectivity index (χ3v) is 13.4. The number of methoxy groups -OCH3 is 3. The molecule has 3 fully saturated rings. The van der Waals surface area contributed by atoms with E-state index < -0.39 is 46.8 Å². The van der Waals surface area contributed by atoms with Crippen molar-refractivity contribution in [3.8, 4) is 23.0 Å². The van der Waals surface area contributed by atoms with Crippen molar-refractivity contribution in [1.82, 2.24) is 5.01 Å². The van der Waals surface area contributed by atoms with Crippen LogP contribution in [-0.4, -0.2) is 55.1 Å². The van der Waals surface area contributed by atoms with E-state index in [2.05, 4.69) is 5.43 Å². The van der Waals surface area contributed by atoms with E-state index in [4.69, 9.17) is 37.4 Å². The molecule has 13 heteroatoms. The smallest absolute Gasteiger partial charge is 0.260 e. The second kappa shape index (κ2) is 16.0. The number of carbonyl (C=O) groups excluding carboxylic acids is 4. The Balaban J connectivity index is 1.11. The van der Waals surface area contributed by atoms with Gasteiger partial charge in [-0.25, -0.2) is 0 Å². The zero-order chi connectivity index (χ0) is 43.4. The Morgan fingerprint density at radius 1 is 0.758 bits per heavy atom. The molecule has 11 nitrogen and oxygen atoms in total. The third-order valence-electron chi connectivity index (χ3n) is 12.8. The number of hydrogen-bond donors (Lipinski definition) is 2. The largest absolute Gasteiger partial charge is 0.508 e. The van der Waals surface area contributed by atoms with E-state index in [0.29, 0.717) is 44.8 Å². The van der Waals surface area contributed by atoms with Gasteiger partial charge in [0.15, 0.2) is 0 Å². The highest BCUT2D eigenvalue weighted by atomic mass is 35.5. The number of hydrazine groups is 1. The average molecular weight is 871 g/mol. The van der Waals surface area contributed by atoms with Crippen molar-refractivity contribution in [2.45, 2.75) is 24.2 Å². The maximum atomic E-state index is 15.5. The van der Waals surface area contributed by atoms with Crippen molar-refractivity contribution in [2.75, 3.05) is 31.7 Å². The van der Waals surface area contributed by atoms with Gasteiger partial charge in [0.25, 0.3) is 11.8 Å². The highest BCUT2D eigenvalue weighted by molar-refractivity contribution is 6.36. The number of ether oxygens (including phenoxy) is 3. The van der Waals surface area contributed by atoms with E-state index in [0.717, 1.165) is 21.7 Å². The molecule has 62 heavy (non-hydrogen) atoms. The summed E-state index contributed by atoms with van der Waals surface area (Å²) in [6.45, 7) is 0. The molecule has 5 aromatic carbocycles. The lowest BCUT2D eigenvalue weighted by Crippen LogP contribution is -2.53. The second-order valence-electron chi connectivity index (χ2n) is 15.9.